The molecule has 1 N–H and O–H groups in total. The van der Waals surface area contributed by atoms with Crippen molar-refractivity contribution in [2.75, 3.05) is 20.6 Å². The van der Waals surface area contributed by atoms with Gasteiger partial charge in [-0.2, -0.15) is 5.10 Å². The zero-order chi connectivity index (χ0) is 14.7. The highest BCUT2D eigenvalue weighted by Gasteiger charge is 2.14. The molecule has 2 rings (SSSR count). The molecule has 106 valence electrons. The topological polar surface area (TPSA) is 58.4 Å². The van der Waals surface area contributed by atoms with E-state index in [1.54, 1.807) is 10.7 Å². The largest absolute Gasteiger partial charge is 0.476 e. The molecular weight excluding hydrogens is 254 g/mol. The molecular formula is C15H19N3O2. The Morgan fingerprint density at radius 2 is 1.95 bits per heavy atom. The van der Waals surface area contributed by atoms with Crippen LogP contribution in [0.25, 0.3) is 11.3 Å². The maximum atomic E-state index is 11.1. The summed E-state index contributed by atoms with van der Waals surface area (Å²) in [6.07, 6.45) is 0. The summed E-state index contributed by atoms with van der Waals surface area (Å²) in [4.78, 5) is 13.1. The van der Waals surface area contributed by atoms with Gasteiger partial charge < -0.3 is 10.0 Å². The van der Waals surface area contributed by atoms with Crippen molar-refractivity contribution in [3.8, 4) is 11.3 Å². The lowest BCUT2D eigenvalue weighted by Gasteiger charge is -2.12. The SMILES string of the molecule is Cc1ccc(-c2cc(C(=O)O)nn2CCN(C)C)cc1. The van der Waals surface area contributed by atoms with Crippen LogP contribution in [0.2, 0.25) is 0 Å². The number of aromatic carboxylic acids is 1. The number of rotatable bonds is 5. The van der Waals surface area contributed by atoms with Gasteiger partial charge in [0, 0.05) is 6.54 Å². The molecule has 0 amide bonds. The average Bonchev–Trinajstić information content (AvgIpc) is 2.81. The molecule has 0 atom stereocenters. The molecule has 0 aliphatic carbocycles. The summed E-state index contributed by atoms with van der Waals surface area (Å²) in [5.74, 6) is -0.998. The molecule has 1 heterocycles. The second-order valence-corrected chi connectivity index (χ2v) is 5.11. The molecule has 0 saturated heterocycles. The van der Waals surface area contributed by atoms with Crippen LogP contribution in [0.15, 0.2) is 30.3 Å². The number of carbonyl (C=O) groups is 1. The average molecular weight is 273 g/mol. The highest BCUT2D eigenvalue weighted by molar-refractivity contribution is 5.87. The van der Waals surface area contributed by atoms with E-state index in [2.05, 4.69) is 5.10 Å². The highest BCUT2D eigenvalue weighted by atomic mass is 16.4. The van der Waals surface area contributed by atoms with Crippen LogP contribution in [0, 0.1) is 6.92 Å². The van der Waals surface area contributed by atoms with Gasteiger partial charge in [-0.3, -0.25) is 4.68 Å². The van der Waals surface area contributed by atoms with Crippen molar-refractivity contribution in [1.82, 2.24) is 14.7 Å². The van der Waals surface area contributed by atoms with E-state index < -0.39 is 5.97 Å². The van der Waals surface area contributed by atoms with Crippen molar-refractivity contribution in [3.63, 3.8) is 0 Å². The Morgan fingerprint density at radius 3 is 2.50 bits per heavy atom. The molecule has 0 unspecified atom stereocenters. The van der Waals surface area contributed by atoms with E-state index in [0.717, 1.165) is 17.8 Å². The number of carboxylic acid groups (broad SMARTS) is 1. The Kier molecular flexibility index (Phi) is 4.20. The summed E-state index contributed by atoms with van der Waals surface area (Å²) in [6, 6.07) is 9.63. The van der Waals surface area contributed by atoms with Crippen molar-refractivity contribution >= 4 is 5.97 Å². The molecule has 0 saturated carbocycles. The lowest BCUT2D eigenvalue weighted by Crippen LogP contribution is -2.19. The minimum Gasteiger partial charge on any atom is -0.476 e. The first kappa shape index (κ1) is 14.3. The Balaban J connectivity index is 2.38. The van der Waals surface area contributed by atoms with Crippen LogP contribution in [-0.2, 0) is 6.54 Å². The van der Waals surface area contributed by atoms with Gasteiger partial charge in [0.25, 0.3) is 0 Å². The van der Waals surface area contributed by atoms with Crippen molar-refractivity contribution in [1.29, 1.82) is 0 Å². The Labute approximate surface area is 118 Å². The van der Waals surface area contributed by atoms with E-state index in [4.69, 9.17) is 5.11 Å². The maximum absolute atomic E-state index is 11.1. The molecule has 2 aromatic rings. The highest BCUT2D eigenvalue weighted by Crippen LogP contribution is 2.21. The molecule has 5 heteroatoms. The summed E-state index contributed by atoms with van der Waals surface area (Å²) in [7, 11) is 3.96. The lowest BCUT2D eigenvalue weighted by atomic mass is 10.1. The molecule has 1 aromatic carbocycles. The molecule has 0 fully saturated rings. The standard InChI is InChI=1S/C15H19N3O2/c1-11-4-6-12(7-5-11)14-10-13(15(19)20)16-18(14)9-8-17(2)3/h4-7,10H,8-9H2,1-3H3,(H,19,20). The van der Waals surface area contributed by atoms with Crippen LogP contribution < -0.4 is 0 Å². The predicted octanol–water partition coefficient (Wildman–Crippen LogP) is 2.12. The second kappa shape index (κ2) is 5.88. The molecule has 20 heavy (non-hydrogen) atoms. The van der Waals surface area contributed by atoms with Gasteiger partial charge in [-0.25, -0.2) is 4.79 Å². The van der Waals surface area contributed by atoms with Crippen molar-refractivity contribution < 1.29 is 9.90 Å². The zero-order valence-electron chi connectivity index (χ0n) is 12.0. The van der Waals surface area contributed by atoms with Gasteiger partial charge in [-0.1, -0.05) is 29.8 Å². The van der Waals surface area contributed by atoms with E-state index in [1.807, 2.05) is 50.2 Å². The van der Waals surface area contributed by atoms with Gasteiger partial charge in [-0.05, 0) is 32.6 Å². The smallest absolute Gasteiger partial charge is 0.356 e. The monoisotopic (exact) mass is 273 g/mol. The van der Waals surface area contributed by atoms with Gasteiger partial charge in [-0.15, -0.1) is 0 Å². The number of hydrogen-bond donors (Lipinski definition) is 1. The van der Waals surface area contributed by atoms with Crippen LogP contribution in [0.4, 0.5) is 0 Å². The Bertz CT molecular complexity index is 600. The van der Waals surface area contributed by atoms with Gasteiger partial charge in [0.15, 0.2) is 5.69 Å². The van der Waals surface area contributed by atoms with Crippen LogP contribution in [0.3, 0.4) is 0 Å². The van der Waals surface area contributed by atoms with E-state index in [-0.39, 0.29) is 5.69 Å². The number of nitrogens with zero attached hydrogens (tertiary/aromatic N) is 3. The number of aryl methyl sites for hydroxylation is 1. The quantitative estimate of drug-likeness (QED) is 0.906. The number of likely N-dealkylation sites (N-methyl/N-ethyl adjacent to an activating group) is 1. The van der Waals surface area contributed by atoms with Crippen LogP contribution >= 0.6 is 0 Å². The van der Waals surface area contributed by atoms with Crippen molar-refractivity contribution in [2.24, 2.45) is 0 Å². The third-order valence-corrected chi connectivity index (χ3v) is 3.11. The van der Waals surface area contributed by atoms with Crippen LogP contribution in [0.5, 0.6) is 0 Å². The van der Waals surface area contributed by atoms with E-state index >= 15 is 0 Å². The second-order valence-electron chi connectivity index (χ2n) is 5.11. The first-order valence-corrected chi connectivity index (χ1v) is 6.50. The lowest BCUT2D eigenvalue weighted by molar-refractivity contribution is 0.0689. The number of aromatic nitrogens is 2. The fourth-order valence-electron chi connectivity index (χ4n) is 1.94. The van der Waals surface area contributed by atoms with Gasteiger partial charge in [0.2, 0.25) is 0 Å². The van der Waals surface area contributed by atoms with Gasteiger partial charge in [0.1, 0.15) is 0 Å². The molecule has 0 radical (unpaired) electrons. The fraction of sp³-hybridized carbons (Fsp3) is 0.333. The number of hydrogen-bond acceptors (Lipinski definition) is 3. The third-order valence-electron chi connectivity index (χ3n) is 3.11. The van der Waals surface area contributed by atoms with Crippen molar-refractivity contribution in [3.05, 3.63) is 41.6 Å². The van der Waals surface area contributed by atoms with Crippen molar-refractivity contribution in [2.45, 2.75) is 13.5 Å². The Hall–Kier alpha value is -2.14. The molecule has 5 nitrogen and oxygen atoms in total. The molecule has 0 aliphatic rings. The number of carboxylic acids is 1. The maximum Gasteiger partial charge on any atom is 0.356 e. The van der Waals surface area contributed by atoms with Gasteiger partial charge >= 0.3 is 5.97 Å². The minimum atomic E-state index is -0.998. The summed E-state index contributed by atoms with van der Waals surface area (Å²) in [6.45, 7) is 3.49. The van der Waals surface area contributed by atoms with E-state index in [0.29, 0.717) is 6.54 Å². The predicted molar refractivity (Wildman–Crippen MR) is 77.9 cm³/mol. The molecule has 0 spiro atoms. The first-order chi connectivity index (χ1) is 9.47. The zero-order valence-corrected chi connectivity index (χ0v) is 12.0. The first-order valence-electron chi connectivity index (χ1n) is 6.50. The summed E-state index contributed by atoms with van der Waals surface area (Å²) < 4.78 is 1.76. The normalized spacial score (nSPS) is 11.0. The third kappa shape index (κ3) is 3.24. The summed E-state index contributed by atoms with van der Waals surface area (Å²) >= 11 is 0. The molecule has 1 aromatic heterocycles. The summed E-state index contributed by atoms with van der Waals surface area (Å²) in [5, 5.41) is 13.3. The van der Waals surface area contributed by atoms with Crippen LogP contribution in [-0.4, -0.2) is 46.4 Å². The van der Waals surface area contributed by atoms with Gasteiger partial charge in [0.05, 0.1) is 12.2 Å². The minimum absolute atomic E-state index is 0.0827. The molecule has 0 aliphatic heterocycles. The van der Waals surface area contributed by atoms with Crippen LogP contribution in [0.1, 0.15) is 16.1 Å². The molecule has 0 bridgehead atoms. The summed E-state index contributed by atoms with van der Waals surface area (Å²) in [5.41, 5.74) is 3.07. The van der Waals surface area contributed by atoms with E-state index in [9.17, 15) is 4.79 Å². The number of benzene rings is 1. The van der Waals surface area contributed by atoms with E-state index in [1.165, 1.54) is 5.56 Å². The fourth-order valence-corrected chi connectivity index (χ4v) is 1.94. The Morgan fingerprint density at radius 1 is 1.30 bits per heavy atom.